The van der Waals surface area contributed by atoms with Gasteiger partial charge >= 0.3 is 12.1 Å². The standard InChI is InChI=1S/C27H41FN6O3/c1-26(2,3)37-25(35)34-19-5-6-20(34)16-32(15-19)23-21-8-11-29-14-22(21)30-24(31-23)36-17-27-9-4-12-33(27)18(13-28)7-10-27/h18-20,29H,4-17H2,1-3H3/t18?,19-,20+,27?. The molecule has 0 spiro atoms. The summed E-state index contributed by atoms with van der Waals surface area (Å²) < 4.78 is 25.7. The molecule has 1 aromatic rings. The molecule has 37 heavy (non-hydrogen) atoms. The number of hydrogen-bond acceptors (Lipinski definition) is 8. The zero-order valence-corrected chi connectivity index (χ0v) is 22.5. The van der Waals surface area contributed by atoms with Crippen molar-refractivity contribution in [1.82, 2.24) is 25.1 Å². The Morgan fingerprint density at radius 2 is 1.95 bits per heavy atom. The van der Waals surface area contributed by atoms with Gasteiger partial charge in [0.25, 0.3) is 0 Å². The summed E-state index contributed by atoms with van der Waals surface area (Å²) >= 11 is 0. The monoisotopic (exact) mass is 516 g/mol. The van der Waals surface area contributed by atoms with Gasteiger partial charge in [0, 0.05) is 31.2 Å². The van der Waals surface area contributed by atoms with Gasteiger partial charge in [-0.1, -0.05) is 0 Å². The van der Waals surface area contributed by atoms with Crippen LogP contribution in [-0.2, 0) is 17.7 Å². The van der Waals surface area contributed by atoms with E-state index in [1.807, 2.05) is 25.7 Å². The van der Waals surface area contributed by atoms with E-state index in [4.69, 9.17) is 19.4 Å². The number of piperazine rings is 1. The van der Waals surface area contributed by atoms with Crippen LogP contribution in [0.1, 0.15) is 70.6 Å². The van der Waals surface area contributed by atoms with Crippen LogP contribution < -0.4 is 15.0 Å². The second-order valence-corrected chi connectivity index (χ2v) is 12.5. The molecule has 6 heterocycles. The molecule has 0 radical (unpaired) electrons. The Morgan fingerprint density at radius 3 is 2.68 bits per heavy atom. The Morgan fingerprint density at radius 1 is 1.16 bits per heavy atom. The van der Waals surface area contributed by atoms with Gasteiger partial charge in [-0.3, -0.25) is 9.80 Å². The van der Waals surface area contributed by atoms with Crippen LogP contribution in [0.15, 0.2) is 0 Å². The summed E-state index contributed by atoms with van der Waals surface area (Å²) in [7, 11) is 0. The first-order chi connectivity index (χ1) is 17.8. The van der Waals surface area contributed by atoms with E-state index in [0.29, 0.717) is 19.2 Å². The maximum atomic E-state index is 13.6. The number of nitrogens with zero attached hydrogens (tertiary/aromatic N) is 5. The van der Waals surface area contributed by atoms with E-state index in [1.165, 1.54) is 5.56 Å². The van der Waals surface area contributed by atoms with Crippen LogP contribution in [0, 0.1) is 0 Å². The van der Waals surface area contributed by atoms with Crippen molar-refractivity contribution in [1.29, 1.82) is 0 Å². The third kappa shape index (κ3) is 4.64. The first kappa shape index (κ1) is 25.1. The first-order valence-electron chi connectivity index (χ1n) is 14.1. The number of ether oxygens (including phenoxy) is 2. The van der Waals surface area contributed by atoms with Crippen LogP contribution in [0.4, 0.5) is 15.0 Å². The van der Waals surface area contributed by atoms with Crippen molar-refractivity contribution in [3.63, 3.8) is 0 Å². The zero-order valence-electron chi connectivity index (χ0n) is 22.5. The molecule has 0 aromatic carbocycles. The molecule has 4 fully saturated rings. The summed E-state index contributed by atoms with van der Waals surface area (Å²) in [5.74, 6) is 0.955. The molecule has 5 aliphatic rings. The lowest BCUT2D eigenvalue weighted by Gasteiger charge is -2.42. The van der Waals surface area contributed by atoms with Gasteiger partial charge in [0.2, 0.25) is 0 Å². The lowest BCUT2D eigenvalue weighted by Crippen LogP contribution is -2.57. The van der Waals surface area contributed by atoms with Crippen LogP contribution in [0.3, 0.4) is 0 Å². The molecule has 0 saturated carbocycles. The maximum absolute atomic E-state index is 13.6. The van der Waals surface area contributed by atoms with E-state index in [9.17, 15) is 9.18 Å². The molecule has 2 bridgehead atoms. The minimum atomic E-state index is -0.503. The smallest absolute Gasteiger partial charge is 0.410 e. The van der Waals surface area contributed by atoms with Crippen molar-refractivity contribution < 1.29 is 18.7 Å². The average Bonchev–Trinajstić information content (AvgIpc) is 3.51. The Balaban J connectivity index is 1.22. The number of alkyl halides is 1. The Bertz CT molecular complexity index is 1020. The molecular weight excluding hydrogens is 475 g/mol. The minimum Gasteiger partial charge on any atom is -0.461 e. The minimum absolute atomic E-state index is 0.0204. The van der Waals surface area contributed by atoms with Crippen LogP contribution in [0.2, 0.25) is 0 Å². The Kier molecular flexibility index (Phi) is 6.46. The van der Waals surface area contributed by atoms with Crippen LogP contribution in [-0.4, -0.2) is 94.6 Å². The molecule has 1 amide bonds. The van der Waals surface area contributed by atoms with Gasteiger partial charge in [-0.05, 0) is 78.8 Å². The Labute approximate surface area is 219 Å². The van der Waals surface area contributed by atoms with E-state index in [-0.39, 0.29) is 36.4 Å². The van der Waals surface area contributed by atoms with Gasteiger partial charge in [0.05, 0.1) is 23.3 Å². The second-order valence-electron chi connectivity index (χ2n) is 12.5. The van der Waals surface area contributed by atoms with Crippen molar-refractivity contribution in [3.8, 4) is 6.01 Å². The summed E-state index contributed by atoms with van der Waals surface area (Å²) in [6, 6.07) is 0.677. The maximum Gasteiger partial charge on any atom is 0.410 e. The first-order valence-corrected chi connectivity index (χ1v) is 14.1. The number of carbonyl (C=O) groups excluding carboxylic acids is 1. The molecule has 0 aliphatic carbocycles. The molecule has 10 heteroatoms. The predicted molar refractivity (Wildman–Crippen MR) is 138 cm³/mol. The summed E-state index contributed by atoms with van der Waals surface area (Å²) in [5, 5.41) is 3.43. The number of halogens is 1. The van der Waals surface area contributed by atoms with Crippen molar-refractivity contribution in [2.75, 3.05) is 44.4 Å². The van der Waals surface area contributed by atoms with Gasteiger partial charge in [-0.15, -0.1) is 0 Å². The lowest BCUT2D eigenvalue weighted by molar-refractivity contribution is 0.0122. The highest BCUT2D eigenvalue weighted by molar-refractivity contribution is 5.70. The molecule has 1 aromatic heterocycles. The van der Waals surface area contributed by atoms with E-state index >= 15 is 0 Å². The highest BCUT2D eigenvalue weighted by atomic mass is 19.1. The molecule has 6 rings (SSSR count). The molecule has 2 unspecified atom stereocenters. The fourth-order valence-electron chi connectivity index (χ4n) is 7.31. The molecule has 9 nitrogen and oxygen atoms in total. The average molecular weight is 517 g/mol. The van der Waals surface area contributed by atoms with Gasteiger partial charge in [0.15, 0.2) is 0 Å². The quantitative estimate of drug-likeness (QED) is 0.640. The summed E-state index contributed by atoms with van der Waals surface area (Å²) in [6.07, 6.45) is 6.62. The molecule has 1 N–H and O–H groups in total. The highest BCUT2D eigenvalue weighted by Gasteiger charge is 2.50. The van der Waals surface area contributed by atoms with Crippen molar-refractivity contribution in [3.05, 3.63) is 11.3 Å². The normalized spacial score (nSPS) is 31.4. The topological polar surface area (TPSA) is 83.1 Å². The number of aromatic nitrogens is 2. The number of rotatable bonds is 5. The molecule has 4 atom stereocenters. The number of hydrogen-bond donors (Lipinski definition) is 1. The van der Waals surface area contributed by atoms with Gasteiger partial charge in [-0.2, -0.15) is 9.97 Å². The van der Waals surface area contributed by atoms with Crippen LogP contribution >= 0.6 is 0 Å². The molecular formula is C27H41FN6O3. The fraction of sp³-hybridized carbons (Fsp3) is 0.815. The summed E-state index contributed by atoms with van der Waals surface area (Å²) in [6.45, 7) is 9.99. The number of nitrogens with one attached hydrogen (secondary N) is 1. The molecule has 4 saturated heterocycles. The SMILES string of the molecule is CC(C)(C)OC(=O)N1[C@@H]2CC[C@H]1CN(c1nc(OCC34CCCN3C(CF)CC4)nc3c1CCNC3)C2. The second kappa shape index (κ2) is 9.52. The summed E-state index contributed by atoms with van der Waals surface area (Å²) in [5.41, 5.74) is 1.60. The van der Waals surface area contributed by atoms with Gasteiger partial charge < -0.3 is 19.7 Å². The van der Waals surface area contributed by atoms with E-state index in [1.54, 1.807) is 0 Å². The van der Waals surface area contributed by atoms with E-state index in [0.717, 1.165) is 82.6 Å². The predicted octanol–water partition coefficient (Wildman–Crippen LogP) is 3.06. The highest BCUT2D eigenvalue weighted by Crippen LogP contribution is 2.43. The van der Waals surface area contributed by atoms with E-state index < -0.39 is 5.60 Å². The number of carbonyl (C=O) groups is 1. The largest absolute Gasteiger partial charge is 0.461 e. The molecule has 204 valence electrons. The zero-order chi connectivity index (χ0) is 25.8. The van der Waals surface area contributed by atoms with Gasteiger partial charge in [0.1, 0.15) is 24.7 Å². The van der Waals surface area contributed by atoms with Crippen LogP contribution in [0.5, 0.6) is 6.01 Å². The number of anilines is 1. The molecule has 5 aliphatic heterocycles. The lowest BCUT2D eigenvalue weighted by atomic mass is 9.95. The van der Waals surface area contributed by atoms with Crippen molar-refractivity contribution in [2.24, 2.45) is 0 Å². The van der Waals surface area contributed by atoms with E-state index in [2.05, 4.69) is 15.1 Å². The fourth-order valence-corrected chi connectivity index (χ4v) is 7.31. The van der Waals surface area contributed by atoms with Crippen molar-refractivity contribution in [2.45, 2.75) is 102 Å². The van der Waals surface area contributed by atoms with Gasteiger partial charge in [-0.25, -0.2) is 9.18 Å². The third-order valence-corrected chi connectivity index (χ3v) is 8.96. The summed E-state index contributed by atoms with van der Waals surface area (Å²) in [4.78, 5) is 29.4. The number of fused-ring (bicyclic) bond motifs is 4. The third-order valence-electron chi connectivity index (χ3n) is 8.96. The van der Waals surface area contributed by atoms with Crippen molar-refractivity contribution >= 4 is 11.9 Å². The number of amides is 1. The Hall–Kier alpha value is -2.20. The van der Waals surface area contributed by atoms with Crippen LogP contribution in [0.25, 0.3) is 0 Å².